The van der Waals surface area contributed by atoms with E-state index in [1.54, 1.807) is 23.9 Å². The topological polar surface area (TPSA) is 134 Å². The van der Waals surface area contributed by atoms with Crippen molar-refractivity contribution in [3.05, 3.63) is 89.5 Å². The Morgan fingerprint density at radius 2 is 1.49 bits per heavy atom. The number of aliphatic hydroxyl groups excluding tert-OH is 1. The summed E-state index contributed by atoms with van der Waals surface area (Å²) >= 11 is 1.66. The molecular weight excluding hydrogens is 544 g/mol. The molecule has 0 radical (unpaired) electrons. The van der Waals surface area contributed by atoms with Crippen LogP contribution in [0.5, 0.6) is 0 Å². The zero-order chi connectivity index (χ0) is 29.2. The minimum absolute atomic E-state index is 0.0278. The molecule has 3 aromatic rings. The molecule has 0 aliphatic carbocycles. The molecular formula is C31H34N2O7S. The number of anilines is 2. The second kappa shape index (κ2) is 14.8. The fourth-order valence-corrected chi connectivity index (χ4v) is 5.32. The summed E-state index contributed by atoms with van der Waals surface area (Å²) in [6.07, 6.45) is 0.0506. The maximum absolute atomic E-state index is 12.1. The molecule has 3 aromatic carbocycles. The van der Waals surface area contributed by atoms with Crippen LogP contribution in [0.3, 0.4) is 0 Å². The van der Waals surface area contributed by atoms with Gasteiger partial charge in [0.1, 0.15) is 0 Å². The highest BCUT2D eigenvalue weighted by atomic mass is 32.2. The minimum atomic E-state index is -0.922. The van der Waals surface area contributed by atoms with Crippen molar-refractivity contribution < 1.29 is 34.1 Å². The van der Waals surface area contributed by atoms with Crippen LogP contribution < -0.4 is 10.6 Å². The number of carbonyl (C=O) groups excluding carboxylic acids is 2. The van der Waals surface area contributed by atoms with Gasteiger partial charge in [0.15, 0.2) is 6.29 Å². The number of ether oxygens (including phenoxy) is 2. The fraction of sp³-hybridized carbons (Fsp3) is 0.323. The van der Waals surface area contributed by atoms with Crippen LogP contribution in [0.2, 0.25) is 0 Å². The standard InChI is InChI=1S/C31H34N2O7S/c1-20(35)32-24-13-15-27(16-14-24)41-19-26-17-28(22-7-5-21(18-34)6-8-22)40-31(39-26)23-9-11-25(12-10-23)33-29(36)3-2-4-30(37)38/h5-16,26,28,31,34H,2-4,17-19H2,1H3,(H,32,35)(H,33,36)(H,37,38). The highest BCUT2D eigenvalue weighted by Gasteiger charge is 2.32. The summed E-state index contributed by atoms with van der Waals surface area (Å²) in [4.78, 5) is 35.2. The molecule has 10 heteroatoms. The predicted octanol–water partition coefficient (Wildman–Crippen LogP) is 5.67. The summed E-state index contributed by atoms with van der Waals surface area (Å²) in [6, 6.07) is 22.6. The third kappa shape index (κ3) is 9.43. The molecule has 216 valence electrons. The second-order valence-electron chi connectivity index (χ2n) is 9.78. The quantitative estimate of drug-likeness (QED) is 0.202. The van der Waals surface area contributed by atoms with Gasteiger partial charge >= 0.3 is 5.97 Å². The molecule has 41 heavy (non-hydrogen) atoms. The van der Waals surface area contributed by atoms with E-state index >= 15 is 0 Å². The van der Waals surface area contributed by atoms with E-state index in [0.29, 0.717) is 17.9 Å². The number of aliphatic hydroxyl groups is 1. The average Bonchev–Trinajstić information content (AvgIpc) is 2.96. The van der Waals surface area contributed by atoms with Gasteiger partial charge in [-0.1, -0.05) is 36.4 Å². The van der Waals surface area contributed by atoms with Gasteiger partial charge in [0, 0.05) is 53.8 Å². The van der Waals surface area contributed by atoms with Crippen molar-refractivity contribution in [1.29, 1.82) is 0 Å². The van der Waals surface area contributed by atoms with Crippen LogP contribution >= 0.6 is 11.8 Å². The number of hydrogen-bond donors (Lipinski definition) is 4. The molecule has 2 amide bonds. The number of thioether (sulfide) groups is 1. The van der Waals surface area contributed by atoms with Crippen molar-refractivity contribution in [3.63, 3.8) is 0 Å². The fourth-order valence-electron chi connectivity index (χ4n) is 4.40. The first-order valence-electron chi connectivity index (χ1n) is 13.4. The van der Waals surface area contributed by atoms with Crippen LogP contribution in [0.4, 0.5) is 11.4 Å². The Morgan fingerprint density at radius 1 is 0.854 bits per heavy atom. The molecule has 4 N–H and O–H groups in total. The summed E-state index contributed by atoms with van der Waals surface area (Å²) in [5, 5.41) is 23.7. The SMILES string of the molecule is CC(=O)Nc1ccc(SCC2CC(c3ccc(CO)cc3)OC(c3ccc(NC(=O)CCCC(=O)O)cc3)O2)cc1. The molecule has 0 spiro atoms. The molecule has 0 aromatic heterocycles. The van der Waals surface area contributed by atoms with Crippen molar-refractivity contribution >= 4 is 40.9 Å². The van der Waals surface area contributed by atoms with E-state index in [0.717, 1.165) is 27.3 Å². The smallest absolute Gasteiger partial charge is 0.303 e. The average molecular weight is 579 g/mol. The summed E-state index contributed by atoms with van der Waals surface area (Å²) in [6.45, 7) is 1.45. The van der Waals surface area contributed by atoms with Gasteiger partial charge in [-0.2, -0.15) is 0 Å². The number of benzene rings is 3. The molecule has 1 saturated heterocycles. The first kappa shape index (κ1) is 30.3. The number of carbonyl (C=O) groups is 3. The zero-order valence-corrected chi connectivity index (χ0v) is 23.6. The monoisotopic (exact) mass is 578 g/mol. The van der Waals surface area contributed by atoms with Crippen LogP contribution in [0, 0.1) is 0 Å². The van der Waals surface area contributed by atoms with Crippen LogP contribution in [-0.4, -0.2) is 39.9 Å². The van der Waals surface area contributed by atoms with E-state index < -0.39 is 12.3 Å². The van der Waals surface area contributed by atoms with Crippen molar-refractivity contribution in [2.45, 2.75) is 62.6 Å². The molecule has 3 atom stereocenters. The Labute approximate surface area is 243 Å². The Morgan fingerprint density at radius 3 is 2.12 bits per heavy atom. The summed E-state index contributed by atoms with van der Waals surface area (Å²) in [7, 11) is 0. The number of amides is 2. The van der Waals surface area contributed by atoms with Crippen molar-refractivity contribution in [3.8, 4) is 0 Å². The predicted molar refractivity (Wildman–Crippen MR) is 156 cm³/mol. The molecule has 9 nitrogen and oxygen atoms in total. The molecule has 1 fully saturated rings. The second-order valence-corrected chi connectivity index (χ2v) is 10.9. The van der Waals surface area contributed by atoms with E-state index in [1.807, 2.05) is 60.7 Å². The maximum atomic E-state index is 12.1. The lowest BCUT2D eigenvalue weighted by atomic mass is 10.0. The highest BCUT2D eigenvalue weighted by molar-refractivity contribution is 7.99. The number of nitrogens with one attached hydrogen (secondary N) is 2. The minimum Gasteiger partial charge on any atom is -0.481 e. The van der Waals surface area contributed by atoms with E-state index in [9.17, 15) is 19.5 Å². The lowest BCUT2D eigenvalue weighted by Crippen LogP contribution is -2.31. The van der Waals surface area contributed by atoms with Crippen LogP contribution in [0.25, 0.3) is 0 Å². The van der Waals surface area contributed by atoms with E-state index in [1.165, 1.54) is 6.92 Å². The van der Waals surface area contributed by atoms with Gasteiger partial charge in [-0.25, -0.2) is 0 Å². The van der Waals surface area contributed by atoms with Crippen LogP contribution in [0.15, 0.2) is 77.7 Å². The molecule has 1 aliphatic rings. The summed E-state index contributed by atoms with van der Waals surface area (Å²) < 4.78 is 12.8. The van der Waals surface area contributed by atoms with Gasteiger partial charge in [0.2, 0.25) is 11.8 Å². The van der Waals surface area contributed by atoms with Crippen molar-refractivity contribution in [1.82, 2.24) is 0 Å². The van der Waals surface area contributed by atoms with Crippen LogP contribution in [0.1, 0.15) is 61.7 Å². The highest BCUT2D eigenvalue weighted by Crippen LogP contribution is 2.39. The summed E-state index contributed by atoms with van der Waals surface area (Å²) in [5.74, 6) is -0.586. The number of carboxylic acid groups (broad SMARTS) is 1. The van der Waals surface area contributed by atoms with Gasteiger partial charge in [0.05, 0.1) is 18.8 Å². The van der Waals surface area contributed by atoms with Crippen molar-refractivity contribution in [2.24, 2.45) is 0 Å². The Bertz CT molecular complexity index is 1310. The van der Waals surface area contributed by atoms with Crippen molar-refractivity contribution in [2.75, 3.05) is 16.4 Å². The lowest BCUT2D eigenvalue weighted by Gasteiger charge is -2.36. The van der Waals surface area contributed by atoms with E-state index in [-0.39, 0.29) is 49.9 Å². The number of rotatable bonds is 12. The molecule has 1 aliphatic heterocycles. The first-order chi connectivity index (χ1) is 19.8. The Kier molecular flexibility index (Phi) is 10.9. The number of hydrogen-bond acceptors (Lipinski definition) is 7. The van der Waals surface area contributed by atoms with Gasteiger partial charge in [0.25, 0.3) is 0 Å². The molecule has 1 heterocycles. The maximum Gasteiger partial charge on any atom is 0.303 e. The molecule has 0 bridgehead atoms. The Balaban J connectivity index is 1.43. The largest absolute Gasteiger partial charge is 0.481 e. The number of carboxylic acids is 1. The van der Waals surface area contributed by atoms with Gasteiger partial charge in [-0.05, 0) is 53.9 Å². The first-order valence-corrected chi connectivity index (χ1v) is 14.4. The third-order valence-electron chi connectivity index (χ3n) is 6.49. The third-order valence-corrected chi connectivity index (χ3v) is 7.63. The molecule has 4 rings (SSSR count). The van der Waals surface area contributed by atoms with Crippen LogP contribution in [-0.2, 0) is 30.5 Å². The Hall–Kier alpha value is -3.70. The van der Waals surface area contributed by atoms with Gasteiger partial charge in [-0.3, -0.25) is 14.4 Å². The van der Waals surface area contributed by atoms with E-state index in [4.69, 9.17) is 14.6 Å². The number of aliphatic carboxylic acids is 1. The van der Waals surface area contributed by atoms with Gasteiger partial charge in [-0.15, -0.1) is 11.8 Å². The van der Waals surface area contributed by atoms with E-state index in [2.05, 4.69) is 10.6 Å². The lowest BCUT2D eigenvalue weighted by molar-refractivity contribution is -0.245. The van der Waals surface area contributed by atoms with Gasteiger partial charge < -0.3 is 30.3 Å². The zero-order valence-electron chi connectivity index (χ0n) is 22.7. The summed E-state index contributed by atoms with van der Waals surface area (Å²) in [5.41, 5.74) is 3.98. The molecule has 3 unspecified atom stereocenters. The normalized spacial score (nSPS) is 18.4. The molecule has 0 saturated carbocycles.